The molecule has 0 spiro atoms. The van der Waals surface area contributed by atoms with Gasteiger partial charge >= 0.3 is 0 Å². The lowest BCUT2D eigenvalue weighted by molar-refractivity contribution is 0.0946. The first kappa shape index (κ1) is 12.9. The van der Waals surface area contributed by atoms with Gasteiger partial charge < -0.3 is 10.6 Å². The molecule has 2 aromatic rings. The van der Waals surface area contributed by atoms with Crippen molar-refractivity contribution >= 4 is 11.7 Å². The smallest absolute Gasteiger partial charge is 0.271 e. The number of nitrogens with zero attached hydrogens (tertiary/aromatic N) is 5. The highest BCUT2D eigenvalue weighted by Gasteiger charge is 2.07. The number of nitrogens with one attached hydrogen (secondary N) is 2. The Morgan fingerprint density at radius 3 is 2.89 bits per heavy atom. The molecule has 0 aliphatic heterocycles. The van der Waals surface area contributed by atoms with E-state index in [2.05, 4.69) is 30.9 Å². The Morgan fingerprint density at radius 1 is 1.37 bits per heavy atom. The van der Waals surface area contributed by atoms with Gasteiger partial charge in [-0.2, -0.15) is 0 Å². The molecular weight excluding hydrogens is 246 g/mol. The van der Waals surface area contributed by atoms with E-state index in [1.165, 1.54) is 12.4 Å². The summed E-state index contributed by atoms with van der Waals surface area (Å²) >= 11 is 0. The summed E-state index contributed by atoms with van der Waals surface area (Å²) in [5, 5.41) is 13.2. The molecular formula is C11H15N7O. The topological polar surface area (TPSA) is 97.6 Å². The largest absolute Gasteiger partial charge is 0.369 e. The van der Waals surface area contributed by atoms with Crippen LogP contribution in [0.1, 0.15) is 17.4 Å². The monoisotopic (exact) mass is 261 g/mol. The van der Waals surface area contributed by atoms with Crippen molar-refractivity contribution in [3.63, 3.8) is 0 Å². The second kappa shape index (κ2) is 6.43. The molecule has 0 aliphatic rings. The number of amides is 1. The number of aromatic nitrogens is 5. The number of anilines is 1. The average molecular weight is 261 g/mol. The Balaban J connectivity index is 1.82. The van der Waals surface area contributed by atoms with Crippen molar-refractivity contribution in [1.82, 2.24) is 30.3 Å². The molecule has 0 aromatic carbocycles. The molecule has 0 unspecified atom stereocenters. The third kappa shape index (κ3) is 3.73. The van der Waals surface area contributed by atoms with E-state index < -0.39 is 0 Å². The van der Waals surface area contributed by atoms with Crippen LogP contribution in [0.3, 0.4) is 0 Å². The second-order valence-corrected chi connectivity index (χ2v) is 3.74. The van der Waals surface area contributed by atoms with Gasteiger partial charge in [-0.05, 0) is 6.92 Å². The van der Waals surface area contributed by atoms with E-state index in [1.54, 1.807) is 17.1 Å². The van der Waals surface area contributed by atoms with Gasteiger partial charge in [0, 0.05) is 19.3 Å². The van der Waals surface area contributed by atoms with E-state index in [0.29, 0.717) is 24.6 Å². The van der Waals surface area contributed by atoms with Gasteiger partial charge in [-0.25, -0.2) is 9.97 Å². The molecule has 1 amide bonds. The zero-order valence-corrected chi connectivity index (χ0v) is 10.6. The molecule has 0 bridgehead atoms. The highest BCUT2D eigenvalue weighted by Crippen LogP contribution is 2.00. The second-order valence-electron chi connectivity index (χ2n) is 3.74. The van der Waals surface area contributed by atoms with Crippen molar-refractivity contribution in [1.29, 1.82) is 0 Å². The molecule has 19 heavy (non-hydrogen) atoms. The van der Waals surface area contributed by atoms with E-state index in [1.807, 2.05) is 6.92 Å². The fraction of sp³-hybridized carbons (Fsp3) is 0.364. The number of carbonyl (C=O) groups is 1. The van der Waals surface area contributed by atoms with Gasteiger partial charge in [-0.1, -0.05) is 5.21 Å². The highest BCUT2D eigenvalue weighted by molar-refractivity contribution is 5.91. The molecule has 2 aromatic heterocycles. The van der Waals surface area contributed by atoms with Crippen LogP contribution in [0.15, 0.2) is 24.8 Å². The zero-order valence-electron chi connectivity index (χ0n) is 10.6. The lowest BCUT2D eigenvalue weighted by Crippen LogP contribution is -2.28. The molecule has 0 radical (unpaired) electrons. The quantitative estimate of drug-likeness (QED) is 0.755. The first-order valence-corrected chi connectivity index (χ1v) is 5.98. The normalized spacial score (nSPS) is 10.2. The predicted molar refractivity (Wildman–Crippen MR) is 68.6 cm³/mol. The van der Waals surface area contributed by atoms with Crippen LogP contribution in [0.5, 0.6) is 0 Å². The molecule has 0 aliphatic carbocycles. The number of carbonyl (C=O) groups excluding carboxylic acids is 1. The van der Waals surface area contributed by atoms with Crippen LogP contribution in [-0.2, 0) is 6.54 Å². The van der Waals surface area contributed by atoms with E-state index in [0.717, 1.165) is 6.54 Å². The molecule has 0 fully saturated rings. The van der Waals surface area contributed by atoms with Gasteiger partial charge in [-0.3, -0.25) is 9.48 Å². The fourth-order valence-electron chi connectivity index (χ4n) is 1.44. The van der Waals surface area contributed by atoms with Crippen molar-refractivity contribution in [3.8, 4) is 0 Å². The van der Waals surface area contributed by atoms with Crippen LogP contribution < -0.4 is 10.6 Å². The van der Waals surface area contributed by atoms with Gasteiger partial charge in [-0.15, -0.1) is 5.10 Å². The van der Waals surface area contributed by atoms with Gasteiger partial charge in [0.1, 0.15) is 11.5 Å². The molecule has 2 heterocycles. The molecule has 8 nitrogen and oxygen atoms in total. The first-order chi connectivity index (χ1) is 9.29. The van der Waals surface area contributed by atoms with Gasteiger partial charge in [0.15, 0.2) is 0 Å². The van der Waals surface area contributed by atoms with Crippen LogP contribution in [0.4, 0.5) is 5.82 Å². The minimum atomic E-state index is -0.254. The summed E-state index contributed by atoms with van der Waals surface area (Å²) in [4.78, 5) is 19.9. The fourth-order valence-corrected chi connectivity index (χ4v) is 1.44. The minimum absolute atomic E-state index is 0.254. The van der Waals surface area contributed by atoms with Crippen molar-refractivity contribution in [2.45, 2.75) is 13.5 Å². The zero-order chi connectivity index (χ0) is 13.5. The maximum absolute atomic E-state index is 11.8. The third-order valence-corrected chi connectivity index (χ3v) is 2.34. The maximum atomic E-state index is 11.8. The van der Waals surface area contributed by atoms with E-state index in [9.17, 15) is 4.79 Å². The van der Waals surface area contributed by atoms with E-state index in [-0.39, 0.29) is 5.91 Å². The Morgan fingerprint density at radius 2 is 2.26 bits per heavy atom. The molecule has 100 valence electrons. The summed E-state index contributed by atoms with van der Waals surface area (Å²) in [7, 11) is 0. The van der Waals surface area contributed by atoms with E-state index in [4.69, 9.17) is 0 Å². The summed E-state index contributed by atoms with van der Waals surface area (Å²) in [6, 6.07) is 0. The van der Waals surface area contributed by atoms with Gasteiger partial charge in [0.05, 0.1) is 25.1 Å². The average Bonchev–Trinajstić information content (AvgIpc) is 2.93. The SMILES string of the molecule is CCNc1cnc(C(=O)NCCn2ccnn2)cn1. The number of hydrogen-bond donors (Lipinski definition) is 2. The molecule has 0 atom stereocenters. The lowest BCUT2D eigenvalue weighted by Gasteiger charge is -2.05. The molecule has 0 saturated carbocycles. The Hall–Kier alpha value is -2.51. The summed E-state index contributed by atoms with van der Waals surface area (Å²) in [6.45, 7) is 3.75. The van der Waals surface area contributed by atoms with Crippen molar-refractivity contribution in [3.05, 3.63) is 30.5 Å². The summed E-state index contributed by atoms with van der Waals surface area (Å²) in [6.07, 6.45) is 6.31. The highest BCUT2D eigenvalue weighted by atomic mass is 16.1. The predicted octanol–water partition coefficient (Wildman–Crippen LogP) is -0.0701. The molecule has 2 rings (SSSR count). The number of rotatable bonds is 6. The van der Waals surface area contributed by atoms with Crippen LogP contribution in [0.2, 0.25) is 0 Å². The summed E-state index contributed by atoms with van der Waals surface area (Å²) < 4.78 is 1.64. The van der Waals surface area contributed by atoms with Crippen LogP contribution in [0.25, 0.3) is 0 Å². The summed E-state index contributed by atoms with van der Waals surface area (Å²) in [5.41, 5.74) is 0.292. The van der Waals surface area contributed by atoms with Crippen LogP contribution >= 0.6 is 0 Å². The standard InChI is InChI=1S/C11H15N7O/c1-2-12-10-8-14-9(7-15-10)11(19)13-3-5-18-6-4-16-17-18/h4,6-8H,2-3,5H2,1H3,(H,12,15)(H,13,19). The third-order valence-electron chi connectivity index (χ3n) is 2.34. The van der Waals surface area contributed by atoms with Gasteiger partial charge in [0.2, 0.25) is 0 Å². The van der Waals surface area contributed by atoms with Crippen LogP contribution in [0, 0.1) is 0 Å². The Labute approximate surface area is 110 Å². The molecule has 8 heteroatoms. The lowest BCUT2D eigenvalue weighted by atomic mass is 10.4. The first-order valence-electron chi connectivity index (χ1n) is 5.98. The van der Waals surface area contributed by atoms with Crippen molar-refractivity contribution in [2.24, 2.45) is 0 Å². The summed E-state index contributed by atoms with van der Waals surface area (Å²) in [5.74, 6) is 0.400. The molecule has 0 saturated heterocycles. The van der Waals surface area contributed by atoms with E-state index >= 15 is 0 Å². The maximum Gasteiger partial charge on any atom is 0.271 e. The molecule has 2 N–H and O–H groups in total. The Bertz CT molecular complexity index is 508. The number of hydrogen-bond acceptors (Lipinski definition) is 6. The minimum Gasteiger partial charge on any atom is -0.369 e. The van der Waals surface area contributed by atoms with Gasteiger partial charge in [0.25, 0.3) is 5.91 Å². The van der Waals surface area contributed by atoms with Crippen molar-refractivity contribution in [2.75, 3.05) is 18.4 Å². The van der Waals surface area contributed by atoms with Crippen LogP contribution in [-0.4, -0.2) is 44.0 Å². The van der Waals surface area contributed by atoms with Crippen molar-refractivity contribution < 1.29 is 4.79 Å². The Kier molecular flexibility index (Phi) is 4.38.